The molecule has 0 aliphatic rings. The molecule has 0 aromatic heterocycles. The van der Waals surface area contributed by atoms with E-state index in [9.17, 15) is 15.2 Å². The number of methoxy groups -OCH3 is 1. The van der Waals surface area contributed by atoms with Crippen molar-refractivity contribution in [1.82, 2.24) is 0 Å². The molecule has 1 unspecified atom stereocenters. The van der Waals surface area contributed by atoms with E-state index in [0.717, 1.165) is 12.8 Å². The first-order chi connectivity index (χ1) is 8.06. The molecule has 1 rings (SSSR count). The van der Waals surface area contributed by atoms with E-state index in [2.05, 4.69) is 0 Å². The predicted molar refractivity (Wildman–Crippen MR) is 64.2 cm³/mol. The lowest BCUT2D eigenvalue weighted by atomic mass is 10.0. The normalized spacial score (nSPS) is 12.4. The minimum Gasteiger partial charge on any atom is -0.502 e. The fourth-order valence-corrected chi connectivity index (χ4v) is 1.62. The van der Waals surface area contributed by atoms with Crippen LogP contribution in [0.15, 0.2) is 18.2 Å². The minimum atomic E-state index is -0.573. The molecule has 0 bridgehead atoms. The molecule has 1 aromatic rings. The van der Waals surface area contributed by atoms with Crippen LogP contribution in [0.25, 0.3) is 0 Å². The molecule has 0 spiro atoms. The number of aryl methyl sites for hydroxylation is 1. The van der Waals surface area contributed by atoms with E-state index in [4.69, 9.17) is 4.74 Å². The summed E-state index contributed by atoms with van der Waals surface area (Å²) in [5.74, 6) is -0.220. The molecule has 1 aromatic carbocycles. The van der Waals surface area contributed by atoms with Crippen molar-refractivity contribution >= 4 is 5.69 Å². The number of rotatable bonds is 6. The maximum absolute atomic E-state index is 10.6. The monoisotopic (exact) mass is 239 g/mol. The molecule has 0 fully saturated rings. The van der Waals surface area contributed by atoms with Crippen LogP contribution in [-0.4, -0.2) is 23.2 Å². The van der Waals surface area contributed by atoms with E-state index in [1.165, 1.54) is 6.07 Å². The highest BCUT2D eigenvalue weighted by Gasteiger charge is 2.15. The standard InChI is InChI=1S/C12H17NO4/c1-9(17-2)5-3-6-10-7-4-8-11(12(10)14)13(15)16/h4,7-9,14H,3,5-6H2,1-2H3. The molecule has 0 heterocycles. The predicted octanol–water partition coefficient (Wildman–Crippen LogP) is 2.66. The number of nitrogens with zero attached hydrogens (tertiary/aromatic N) is 1. The van der Waals surface area contributed by atoms with Crippen LogP contribution in [0.3, 0.4) is 0 Å². The zero-order valence-electron chi connectivity index (χ0n) is 10.0. The Morgan fingerprint density at radius 2 is 2.24 bits per heavy atom. The van der Waals surface area contributed by atoms with Gasteiger partial charge in [0.2, 0.25) is 0 Å². The van der Waals surface area contributed by atoms with Crippen molar-refractivity contribution < 1.29 is 14.8 Å². The lowest BCUT2D eigenvalue weighted by molar-refractivity contribution is -0.385. The van der Waals surface area contributed by atoms with Gasteiger partial charge in [0.25, 0.3) is 0 Å². The topological polar surface area (TPSA) is 72.6 Å². The van der Waals surface area contributed by atoms with Crippen LogP contribution in [-0.2, 0) is 11.2 Å². The highest BCUT2D eigenvalue weighted by Crippen LogP contribution is 2.30. The lowest BCUT2D eigenvalue weighted by Gasteiger charge is -2.09. The Morgan fingerprint density at radius 1 is 1.53 bits per heavy atom. The molecule has 17 heavy (non-hydrogen) atoms. The van der Waals surface area contributed by atoms with Crippen LogP contribution >= 0.6 is 0 Å². The molecule has 1 atom stereocenters. The summed E-state index contributed by atoms with van der Waals surface area (Å²) in [5.41, 5.74) is 0.379. The fraction of sp³-hybridized carbons (Fsp3) is 0.500. The van der Waals surface area contributed by atoms with E-state index < -0.39 is 4.92 Å². The summed E-state index contributed by atoms with van der Waals surface area (Å²) in [6.07, 6.45) is 2.46. The maximum Gasteiger partial charge on any atom is 0.310 e. The van der Waals surface area contributed by atoms with Crippen LogP contribution in [0.5, 0.6) is 5.75 Å². The summed E-state index contributed by atoms with van der Waals surface area (Å²) >= 11 is 0. The second-order valence-corrected chi connectivity index (χ2v) is 3.98. The minimum absolute atomic E-state index is 0.163. The van der Waals surface area contributed by atoms with Gasteiger partial charge in [-0.3, -0.25) is 10.1 Å². The second-order valence-electron chi connectivity index (χ2n) is 3.98. The van der Waals surface area contributed by atoms with Crippen molar-refractivity contribution in [1.29, 1.82) is 0 Å². The van der Waals surface area contributed by atoms with Gasteiger partial charge < -0.3 is 9.84 Å². The fourth-order valence-electron chi connectivity index (χ4n) is 1.62. The first-order valence-corrected chi connectivity index (χ1v) is 5.54. The van der Waals surface area contributed by atoms with Gasteiger partial charge in [-0.1, -0.05) is 12.1 Å². The van der Waals surface area contributed by atoms with Gasteiger partial charge in [0.05, 0.1) is 11.0 Å². The number of para-hydroxylation sites is 1. The van der Waals surface area contributed by atoms with E-state index in [0.29, 0.717) is 12.0 Å². The number of nitro benzene ring substituents is 1. The van der Waals surface area contributed by atoms with Gasteiger partial charge in [-0.25, -0.2) is 0 Å². The van der Waals surface area contributed by atoms with Gasteiger partial charge in [-0.2, -0.15) is 0 Å². The van der Waals surface area contributed by atoms with Crippen molar-refractivity contribution in [3.63, 3.8) is 0 Å². The van der Waals surface area contributed by atoms with Crippen molar-refractivity contribution in [3.05, 3.63) is 33.9 Å². The molecule has 0 saturated carbocycles. The number of aromatic hydroxyl groups is 1. The van der Waals surface area contributed by atoms with Gasteiger partial charge in [-0.05, 0) is 26.2 Å². The molecule has 5 heteroatoms. The molecule has 94 valence electrons. The van der Waals surface area contributed by atoms with Crippen molar-refractivity contribution in [2.24, 2.45) is 0 Å². The number of benzene rings is 1. The summed E-state index contributed by atoms with van der Waals surface area (Å²) in [5, 5.41) is 20.3. The van der Waals surface area contributed by atoms with Gasteiger partial charge in [-0.15, -0.1) is 0 Å². The highest BCUT2D eigenvalue weighted by atomic mass is 16.6. The zero-order chi connectivity index (χ0) is 12.8. The highest BCUT2D eigenvalue weighted by molar-refractivity contribution is 5.50. The summed E-state index contributed by atoms with van der Waals surface area (Å²) in [6, 6.07) is 4.60. The largest absolute Gasteiger partial charge is 0.502 e. The molecule has 0 aliphatic heterocycles. The van der Waals surface area contributed by atoms with Crippen LogP contribution in [0, 0.1) is 10.1 Å². The van der Waals surface area contributed by atoms with Crippen molar-refractivity contribution in [3.8, 4) is 5.75 Å². The molecular weight excluding hydrogens is 222 g/mol. The van der Waals surface area contributed by atoms with Crippen LogP contribution in [0.2, 0.25) is 0 Å². The average Bonchev–Trinajstić information content (AvgIpc) is 2.30. The smallest absolute Gasteiger partial charge is 0.310 e. The van der Waals surface area contributed by atoms with E-state index in [1.54, 1.807) is 19.2 Å². The third kappa shape index (κ3) is 3.71. The van der Waals surface area contributed by atoms with Crippen molar-refractivity contribution in [2.45, 2.75) is 32.3 Å². The third-order valence-corrected chi connectivity index (χ3v) is 2.75. The Bertz CT molecular complexity index is 392. The first-order valence-electron chi connectivity index (χ1n) is 5.54. The van der Waals surface area contributed by atoms with Gasteiger partial charge >= 0.3 is 5.69 Å². The number of nitro groups is 1. The molecule has 5 nitrogen and oxygen atoms in total. The Kier molecular flexibility index (Phi) is 4.90. The third-order valence-electron chi connectivity index (χ3n) is 2.75. The molecule has 0 amide bonds. The Morgan fingerprint density at radius 3 is 2.82 bits per heavy atom. The number of hydrogen-bond donors (Lipinski definition) is 1. The molecule has 0 aliphatic carbocycles. The summed E-state index contributed by atoms with van der Waals surface area (Å²) < 4.78 is 5.11. The number of ether oxygens (including phenoxy) is 1. The number of phenols is 1. The molecular formula is C12H17NO4. The Labute approximate surface area is 100 Å². The summed E-state index contributed by atoms with van der Waals surface area (Å²) in [7, 11) is 1.65. The van der Waals surface area contributed by atoms with Gasteiger partial charge in [0, 0.05) is 18.7 Å². The van der Waals surface area contributed by atoms with E-state index in [-0.39, 0.29) is 17.5 Å². The van der Waals surface area contributed by atoms with Crippen molar-refractivity contribution in [2.75, 3.05) is 7.11 Å². The molecule has 1 N–H and O–H groups in total. The summed E-state index contributed by atoms with van der Waals surface area (Å²) in [6.45, 7) is 1.97. The molecule has 0 radical (unpaired) electrons. The number of phenolic OH excluding ortho intramolecular Hbond substituents is 1. The average molecular weight is 239 g/mol. The van der Waals surface area contributed by atoms with Crippen LogP contribution in [0.1, 0.15) is 25.3 Å². The van der Waals surface area contributed by atoms with E-state index in [1.807, 2.05) is 6.92 Å². The van der Waals surface area contributed by atoms with Crippen LogP contribution in [0.4, 0.5) is 5.69 Å². The van der Waals surface area contributed by atoms with E-state index >= 15 is 0 Å². The lowest BCUT2D eigenvalue weighted by Crippen LogP contribution is -2.04. The Balaban J connectivity index is 2.66. The molecule has 0 saturated heterocycles. The quantitative estimate of drug-likeness (QED) is 0.611. The second kappa shape index (κ2) is 6.20. The SMILES string of the molecule is COC(C)CCCc1cccc([N+](=O)[O-])c1O. The van der Waals surface area contributed by atoms with Gasteiger partial charge in [0.1, 0.15) is 0 Å². The number of hydrogen-bond acceptors (Lipinski definition) is 4. The zero-order valence-corrected chi connectivity index (χ0v) is 10.0. The first kappa shape index (κ1) is 13.4. The maximum atomic E-state index is 10.6. The summed E-state index contributed by atoms with van der Waals surface area (Å²) in [4.78, 5) is 10.1. The van der Waals surface area contributed by atoms with Crippen LogP contribution < -0.4 is 0 Å². The Hall–Kier alpha value is -1.62. The van der Waals surface area contributed by atoms with Gasteiger partial charge in [0.15, 0.2) is 5.75 Å².